The smallest absolute Gasteiger partial charge is 0.316 e. The molecule has 4 heterocycles. The molecule has 0 radical (unpaired) electrons. The summed E-state index contributed by atoms with van der Waals surface area (Å²) in [5.41, 5.74) is 4.25. The molecule has 3 unspecified atom stereocenters. The highest BCUT2D eigenvalue weighted by molar-refractivity contribution is 5.98. The van der Waals surface area contributed by atoms with Crippen LogP contribution in [0.15, 0.2) is 36.7 Å². The Morgan fingerprint density at radius 2 is 1.81 bits per heavy atom. The summed E-state index contributed by atoms with van der Waals surface area (Å²) in [7, 11) is 0. The third-order valence-corrected chi connectivity index (χ3v) is 6.65. The highest BCUT2D eigenvalue weighted by Crippen LogP contribution is 2.40. The molecule has 8 heteroatoms. The molecule has 3 fully saturated rings. The van der Waals surface area contributed by atoms with E-state index in [4.69, 9.17) is 4.74 Å². The van der Waals surface area contributed by atoms with Crippen LogP contribution >= 0.6 is 0 Å². The van der Waals surface area contributed by atoms with Gasteiger partial charge >= 0.3 is 6.01 Å². The number of fused-ring (bicyclic) bond motifs is 3. The van der Waals surface area contributed by atoms with Gasteiger partial charge in [-0.1, -0.05) is 11.6 Å². The van der Waals surface area contributed by atoms with Gasteiger partial charge in [0.05, 0.1) is 30.3 Å². The molecule has 8 nitrogen and oxygen atoms in total. The molecule has 1 aliphatic carbocycles. The molecule has 0 spiro atoms. The summed E-state index contributed by atoms with van der Waals surface area (Å²) in [6.07, 6.45) is 6.36. The number of carbonyl (C=O) groups excluding carboxylic acids is 1. The minimum atomic E-state index is 0.0627. The van der Waals surface area contributed by atoms with Gasteiger partial charge in [-0.25, -0.2) is 9.97 Å². The van der Waals surface area contributed by atoms with Crippen LogP contribution in [-0.2, 0) is 0 Å². The maximum absolute atomic E-state index is 13.6. The minimum Gasteiger partial charge on any atom is -0.463 e. The number of ether oxygens (including phenoxy) is 1. The number of nitrogens with zero attached hydrogens (tertiary/aromatic N) is 6. The maximum Gasteiger partial charge on any atom is 0.316 e. The second kappa shape index (κ2) is 8.33. The lowest BCUT2D eigenvalue weighted by molar-refractivity contribution is -0.00533. The third kappa shape index (κ3) is 3.97. The zero-order chi connectivity index (χ0) is 22.2. The van der Waals surface area contributed by atoms with Crippen molar-refractivity contribution in [3.05, 3.63) is 59.2 Å². The van der Waals surface area contributed by atoms with E-state index in [0.717, 1.165) is 48.4 Å². The van der Waals surface area contributed by atoms with Crippen LogP contribution in [0.3, 0.4) is 0 Å². The molecule has 3 aliphatic rings. The van der Waals surface area contributed by atoms with E-state index in [9.17, 15) is 4.79 Å². The Balaban J connectivity index is 1.31. The monoisotopic (exact) mass is 432 g/mol. The first kappa shape index (κ1) is 20.6. The lowest BCUT2D eigenvalue weighted by Crippen LogP contribution is -2.55. The quantitative estimate of drug-likeness (QED) is 0.615. The second-order valence-corrected chi connectivity index (χ2v) is 9.03. The number of hydrogen-bond acceptors (Lipinski definition) is 6. The van der Waals surface area contributed by atoms with E-state index in [1.165, 1.54) is 4.80 Å². The predicted octanol–water partition coefficient (Wildman–Crippen LogP) is 3.30. The molecule has 166 valence electrons. The highest BCUT2D eigenvalue weighted by atomic mass is 16.5. The molecule has 2 bridgehead atoms. The first-order valence-corrected chi connectivity index (χ1v) is 11.2. The Morgan fingerprint density at radius 1 is 1.06 bits per heavy atom. The second-order valence-electron chi connectivity index (χ2n) is 9.03. The van der Waals surface area contributed by atoms with Crippen LogP contribution in [0.5, 0.6) is 6.01 Å². The SMILES string of the molecule is Cc1ccc(-n2nccn2)c(C(=O)N2CC3CCC2CC3COc2nc(C)cc(C)n2)c1. The largest absolute Gasteiger partial charge is 0.463 e. The predicted molar refractivity (Wildman–Crippen MR) is 119 cm³/mol. The molecule has 2 aliphatic heterocycles. The van der Waals surface area contributed by atoms with E-state index in [1.807, 2.05) is 45.0 Å². The number of aryl methyl sites for hydroxylation is 3. The third-order valence-electron chi connectivity index (χ3n) is 6.65. The molecule has 3 aromatic rings. The number of amides is 1. The number of benzene rings is 1. The molecule has 1 saturated carbocycles. The summed E-state index contributed by atoms with van der Waals surface area (Å²) >= 11 is 0. The van der Waals surface area contributed by atoms with Crippen LogP contribution < -0.4 is 4.74 Å². The minimum absolute atomic E-state index is 0.0627. The Bertz CT molecular complexity index is 1110. The first-order chi connectivity index (χ1) is 15.5. The fourth-order valence-corrected chi connectivity index (χ4v) is 5.11. The highest BCUT2D eigenvalue weighted by Gasteiger charge is 2.43. The summed E-state index contributed by atoms with van der Waals surface area (Å²) in [5.74, 6) is 0.894. The average molecular weight is 433 g/mol. The standard InChI is InChI=1S/C24H28N6O2/c1-15-4-7-22(30-25-8-9-26-30)21(10-15)23(31)29-13-18-5-6-20(29)12-19(18)14-32-24-27-16(2)11-17(3)28-24/h4,7-11,18-20H,5-6,12-14H2,1-3H3. The van der Waals surface area contributed by atoms with Gasteiger partial charge in [0, 0.05) is 24.0 Å². The van der Waals surface area contributed by atoms with Gasteiger partial charge in [0.1, 0.15) is 0 Å². The van der Waals surface area contributed by atoms with Gasteiger partial charge in [-0.05, 0) is 70.1 Å². The molecule has 2 aromatic heterocycles. The van der Waals surface area contributed by atoms with E-state index in [0.29, 0.717) is 30.0 Å². The number of aromatic nitrogens is 5. The van der Waals surface area contributed by atoms with Crippen LogP contribution in [0.1, 0.15) is 46.6 Å². The van der Waals surface area contributed by atoms with E-state index in [1.54, 1.807) is 12.4 Å². The molecular weight excluding hydrogens is 404 g/mol. The van der Waals surface area contributed by atoms with Gasteiger partial charge in [0.25, 0.3) is 5.91 Å². The van der Waals surface area contributed by atoms with Crippen molar-refractivity contribution in [2.75, 3.05) is 13.2 Å². The molecule has 1 aromatic carbocycles. The Morgan fingerprint density at radius 3 is 2.50 bits per heavy atom. The lowest BCUT2D eigenvalue weighted by atomic mass is 9.72. The van der Waals surface area contributed by atoms with Crippen molar-refractivity contribution < 1.29 is 9.53 Å². The molecule has 2 saturated heterocycles. The molecule has 6 rings (SSSR count). The van der Waals surface area contributed by atoms with Crippen molar-refractivity contribution in [1.29, 1.82) is 0 Å². The lowest BCUT2D eigenvalue weighted by Gasteiger charge is -2.49. The summed E-state index contributed by atoms with van der Waals surface area (Å²) in [6, 6.07) is 8.47. The topological polar surface area (TPSA) is 86.0 Å². The number of hydrogen-bond donors (Lipinski definition) is 0. The van der Waals surface area contributed by atoms with Crippen LogP contribution in [0.2, 0.25) is 0 Å². The zero-order valence-corrected chi connectivity index (χ0v) is 18.7. The van der Waals surface area contributed by atoms with Crippen molar-refractivity contribution >= 4 is 5.91 Å². The molecule has 0 N–H and O–H groups in total. The van der Waals surface area contributed by atoms with Crippen LogP contribution in [0, 0.1) is 32.6 Å². The van der Waals surface area contributed by atoms with E-state index < -0.39 is 0 Å². The van der Waals surface area contributed by atoms with Crippen LogP contribution in [-0.4, -0.2) is 55.0 Å². The first-order valence-electron chi connectivity index (χ1n) is 11.2. The Hall–Kier alpha value is -3.29. The van der Waals surface area contributed by atoms with E-state index in [-0.39, 0.29) is 11.9 Å². The van der Waals surface area contributed by atoms with Crippen molar-refractivity contribution in [2.45, 2.75) is 46.1 Å². The van der Waals surface area contributed by atoms with Gasteiger partial charge in [0.15, 0.2) is 0 Å². The van der Waals surface area contributed by atoms with Gasteiger partial charge in [-0.3, -0.25) is 4.79 Å². The molecule has 1 amide bonds. The Labute approximate surface area is 187 Å². The average Bonchev–Trinajstić information content (AvgIpc) is 3.31. The van der Waals surface area contributed by atoms with Crippen molar-refractivity contribution in [3.8, 4) is 11.7 Å². The number of piperidine rings is 2. The molecule has 3 atom stereocenters. The van der Waals surface area contributed by atoms with E-state index >= 15 is 0 Å². The van der Waals surface area contributed by atoms with Gasteiger partial charge in [-0.15, -0.1) is 0 Å². The number of rotatable bonds is 5. The summed E-state index contributed by atoms with van der Waals surface area (Å²) < 4.78 is 5.98. The summed E-state index contributed by atoms with van der Waals surface area (Å²) in [4.78, 5) is 26.0. The number of carbonyl (C=O) groups is 1. The fraction of sp³-hybridized carbons (Fsp3) is 0.458. The van der Waals surface area contributed by atoms with Gasteiger partial charge in [0.2, 0.25) is 0 Å². The van der Waals surface area contributed by atoms with Gasteiger partial charge in [-0.2, -0.15) is 15.0 Å². The van der Waals surface area contributed by atoms with Crippen molar-refractivity contribution in [2.24, 2.45) is 11.8 Å². The van der Waals surface area contributed by atoms with E-state index in [2.05, 4.69) is 25.1 Å². The zero-order valence-electron chi connectivity index (χ0n) is 18.7. The van der Waals surface area contributed by atoms with Crippen LogP contribution in [0.25, 0.3) is 5.69 Å². The maximum atomic E-state index is 13.6. The summed E-state index contributed by atoms with van der Waals surface area (Å²) in [6.45, 7) is 7.25. The molecule has 32 heavy (non-hydrogen) atoms. The van der Waals surface area contributed by atoms with Gasteiger partial charge < -0.3 is 9.64 Å². The van der Waals surface area contributed by atoms with Crippen LogP contribution in [0.4, 0.5) is 0 Å². The molecular formula is C24H28N6O2. The fourth-order valence-electron chi connectivity index (χ4n) is 5.11. The Kier molecular flexibility index (Phi) is 5.36. The van der Waals surface area contributed by atoms with Crippen molar-refractivity contribution in [1.82, 2.24) is 29.9 Å². The summed E-state index contributed by atoms with van der Waals surface area (Å²) in [5, 5.41) is 8.47. The normalized spacial score (nSPS) is 22.2. The van der Waals surface area contributed by atoms with Crippen molar-refractivity contribution in [3.63, 3.8) is 0 Å².